The molecule has 0 aliphatic rings. The van der Waals surface area contributed by atoms with Gasteiger partial charge in [0.1, 0.15) is 6.04 Å². The lowest BCUT2D eigenvalue weighted by Gasteiger charge is -2.15. The van der Waals surface area contributed by atoms with Crippen molar-refractivity contribution in [2.24, 2.45) is 5.92 Å². The van der Waals surface area contributed by atoms with Crippen LogP contribution in [0, 0.1) is 5.92 Å². The zero-order valence-electron chi connectivity index (χ0n) is 13.6. The third-order valence-corrected chi connectivity index (χ3v) is 3.45. The summed E-state index contributed by atoms with van der Waals surface area (Å²) in [5.41, 5.74) is 1.88. The van der Waals surface area contributed by atoms with Gasteiger partial charge in [0, 0.05) is 5.69 Å². The Balaban J connectivity index is 2.49. The normalized spacial score (nSPS) is 12.2. The molecule has 0 radical (unpaired) electrons. The van der Waals surface area contributed by atoms with Gasteiger partial charge in [-0.3, -0.25) is 9.59 Å². The van der Waals surface area contributed by atoms with Crippen LogP contribution in [0.4, 0.5) is 5.69 Å². The standard InChI is InChI=1S/C17H26N2O3/c1-4-13-5-7-14(8-6-13)19-16(20)11-15(17(21)22)18-10-9-12(2)3/h5-8,12,15,18H,4,9-11H2,1-3H3,(H,19,20)(H,21,22)/t15-/m0/s1. The zero-order chi connectivity index (χ0) is 16.5. The van der Waals surface area contributed by atoms with Gasteiger partial charge in [0.2, 0.25) is 5.91 Å². The molecule has 0 aliphatic carbocycles. The third kappa shape index (κ3) is 6.72. The predicted octanol–water partition coefficient (Wildman–Crippen LogP) is 2.67. The van der Waals surface area contributed by atoms with Crippen molar-refractivity contribution in [3.8, 4) is 0 Å². The van der Waals surface area contributed by atoms with Crippen molar-refractivity contribution < 1.29 is 14.7 Å². The third-order valence-electron chi connectivity index (χ3n) is 3.45. The Labute approximate surface area is 132 Å². The number of hydrogen-bond donors (Lipinski definition) is 3. The van der Waals surface area contributed by atoms with E-state index in [-0.39, 0.29) is 12.3 Å². The number of carbonyl (C=O) groups is 2. The molecule has 1 aromatic rings. The van der Waals surface area contributed by atoms with E-state index >= 15 is 0 Å². The van der Waals surface area contributed by atoms with Gasteiger partial charge in [-0.1, -0.05) is 32.9 Å². The minimum absolute atomic E-state index is 0.0804. The van der Waals surface area contributed by atoms with Gasteiger partial charge in [-0.05, 0) is 43.0 Å². The van der Waals surface area contributed by atoms with Gasteiger partial charge in [0.05, 0.1) is 6.42 Å². The average molecular weight is 306 g/mol. The largest absolute Gasteiger partial charge is 0.480 e. The van der Waals surface area contributed by atoms with Crippen LogP contribution in [0.15, 0.2) is 24.3 Å². The SMILES string of the molecule is CCc1ccc(NC(=O)C[C@H](NCCC(C)C)C(=O)O)cc1. The van der Waals surface area contributed by atoms with Crippen LogP contribution in [0.25, 0.3) is 0 Å². The van der Waals surface area contributed by atoms with Crippen molar-refractivity contribution in [1.29, 1.82) is 0 Å². The Morgan fingerprint density at radius 2 is 1.82 bits per heavy atom. The molecule has 1 amide bonds. The maximum Gasteiger partial charge on any atom is 0.321 e. The molecule has 122 valence electrons. The number of benzene rings is 1. The van der Waals surface area contributed by atoms with E-state index in [4.69, 9.17) is 0 Å². The lowest BCUT2D eigenvalue weighted by Crippen LogP contribution is -2.40. The van der Waals surface area contributed by atoms with E-state index in [1.807, 2.05) is 24.3 Å². The smallest absolute Gasteiger partial charge is 0.321 e. The summed E-state index contributed by atoms with van der Waals surface area (Å²) in [6.45, 7) is 6.80. The fourth-order valence-electron chi connectivity index (χ4n) is 2.01. The second-order valence-corrected chi connectivity index (χ2v) is 5.83. The summed E-state index contributed by atoms with van der Waals surface area (Å²) >= 11 is 0. The summed E-state index contributed by atoms with van der Waals surface area (Å²) in [6, 6.07) is 6.71. The molecule has 5 heteroatoms. The van der Waals surface area contributed by atoms with Gasteiger partial charge in [-0.2, -0.15) is 0 Å². The van der Waals surface area contributed by atoms with Crippen LogP contribution in [0.5, 0.6) is 0 Å². The van der Waals surface area contributed by atoms with Crippen LogP contribution in [-0.2, 0) is 16.0 Å². The molecule has 5 nitrogen and oxygen atoms in total. The second-order valence-electron chi connectivity index (χ2n) is 5.83. The molecule has 0 aromatic heterocycles. The van der Waals surface area contributed by atoms with Crippen molar-refractivity contribution in [3.63, 3.8) is 0 Å². The number of aliphatic carboxylic acids is 1. The number of amides is 1. The molecule has 0 unspecified atom stereocenters. The number of rotatable bonds is 9. The highest BCUT2D eigenvalue weighted by Crippen LogP contribution is 2.10. The van der Waals surface area contributed by atoms with E-state index in [0.29, 0.717) is 18.2 Å². The summed E-state index contributed by atoms with van der Waals surface area (Å²) in [5, 5.41) is 14.8. The van der Waals surface area contributed by atoms with Gasteiger partial charge < -0.3 is 15.7 Å². The fraction of sp³-hybridized carbons (Fsp3) is 0.529. The second kappa shape index (κ2) is 9.20. The summed E-state index contributed by atoms with van der Waals surface area (Å²) in [7, 11) is 0. The number of carboxylic acid groups (broad SMARTS) is 1. The Morgan fingerprint density at radius 3 is 2.32 bits per heavy atom. The topological polar surface area (TPSA) is 78.4 Å². The van der Waals surface area contributed by atoms with E-state index in [2.05, 4.69) is 31.4 Å². The minimum atomic E-state index is -1.000. The number of anilines is 1. The van der Waals surface area contributed by atoms with Crippen LogP contribution in [0.2, 0.25) is 0 Å². The van der Waals surface area contributed by atoms with Crippen molar-refractivity contribution in [3.05, 3.63) is 29.8 Å². The highest BCUT2D eigenvalue weighted by atomic mass is 16.4. The van der Waals surface area contributed by atoms with E-state index in [1.54, 1.807) is 0 Å². The summed E-state index contributed by atoms with van der Waals surface area (Å²) in [5.74, 6) is -0.804. The quantitative estimate of drug-likeness (QED) is 0.655. The van der Waals surface area contributed by atoms with Crippen LogP contribution < -0.4 is 10.6 Å². The average Bonchev–Trinajstić information content (AvgIpc) is 2.46. The molecule has 1 aromatic carbocycles. The summed E-state index contributed by atoms with van der Waals surface area (Å²) < 4.78 is 0. The molecule has 0 saturated heterocycles. The molecule has 0 bridgehead atoms. The van der Waals surface area contributed by atoms with E-state index in [1.165, 1.54) is 5.56 Å². The molecule has 0 heterocycles. The van der Waals surface area contributed by atoms with E-state index in [9.17, 15) is 14.7 Å². The van der Waals surface area contributed by atoms with Crippen molar-refractivity contribution in [2.45, 2.75) is 46.1 Å². The molecule has 0 saturated carbocycles. The van der Waals surface area contributed by atoms with Crippen LogP contribution >= 0.6 is 0 Å². The first-order valence-corrected chi connectivity index (χ1v) is 7.77. The van der Waals surface area contributed by atoms with Crippen molar-refractivity contribution in [1.82, 2.24) is 5.32 Å². The summed E-state index contributed by atoms with van der Waals surface area (Å²) in [6.07, 6.45) is 1.74. The molecule has 0 spiro atoms. The first-order chi connectivity index (χ1) is 10.4. The maximum atomic E-state index is 12.0. The zero-order valence-corrected chi connectivity index (χ0v) is 13.6. The number of nitrogens with one attached hydrogen (secondary N) is 2. The first kappa shape index (κ1) is 18.2. The highest BCUT2D eigenvalue weighted by molar-refractivity contribution is 5.94. The molecule has 0 aliphatic heterocycles. The first-order valence-electron chi connectivity index (χ1n) is 7.77. The van der Waals surface area contributed by atoms with Crippen LogP contribution in [-0.4, -0.2) is 29.6 Å². The van der Waals surface area contributed by atoms with Crippen molar-refractivity contribution in [2.75, 3.05) is 11.9 Å². The molecule has 1 rings (SSSR count). The number of aryl methyl sites for hydroxylation is 1. The van der Waals surface area contributed by atoms with E-state index in [0.717, 1.165) is 12.8 Å². The Hall–Kier alpha value is -1.88. The number of hydrogen-bond acceptors (Lipinski definition) is 3. The highest BCUT2D eigenvalue weighted by Gasteiger charge is 2.20. The molecule has 22 heavy (non-hydrogen) atoms. The Bertz CT molecular complexity index is 483. The van der Waals surface area contributed by atoms with Gasteiger partial charge in [0.25, 0.3) is 0 Å². The molecular formula is C17H26N2O3. The lowest BCUT2D eigenvalue weighted by atomic mass is 10.1. The lowest BCUT2D eigenvalue weighted by molar-refractivity contribution is -0.141. The molecule has 3 N–H and O–H groups in total. The van der Waals surface area contributed by atoms with Gasteiger partial charge in [-0.15, -0.1) is 0 Å². The van der Waals surface area contributed by atoms with Gasteiger partial charge in [0.15, 0.2) is 0 Å². The monoisotopic (exact) mass is 306 g/mol. The Kier molecular flexibility index (Phi) is 7.60. The van der Waals surface area contributed by atoms with Crippen LogP contribution in [0.3, 0.4) is 0 Å². The molecular weight excluding hydrogens is 280 g/mol. The molecule has 1 atom stereocenters. The predicted molar refractivity (Wildman–Crippen MR) is 87.9 cm³/mol. The van der Waals surface area contributed by atoms with Gasteiger partial charge in [-0.25, -0.2) is 0 Å². The van der Waals surface area contributed by atoms with Gasteiger partial charge >= 0.3 is 5.97 Å². The Morgan fingerprint density at radius 1 is 1.18 bits per heavy atom. The summed E-state index contributed by atoms with van der Waals surface area (Å²) in [4.78, 5) is 23.2. The number of carboxylic acids is 1. The van der Waals surface area contributed by atoms with Crippen molar-refractivity contribution >= 4 is 17.6 Å². The van der Waals surface area contributed by atoms with Crippen LogP contribution in [0.1, 0.15) is 39.2 Å². The fourth-order valence-corrected chi connectivity index (χ4v) is 2.01. The number of carbonyl (C=O) groups excluding carboxylic acids is 1. The minimum Gasteiger partial charge on any atom is -0.480 e. The maximum absolute atomic E-state index is 12.0. The molecule has 0 fully saturated rings. The van der Waals surface area contributed by atoms with E-state index < -0.39 is 12.0 Å².